The minimum absolute atomic E-state index is 0.0647. The van der Waals surface area contributed by atoms with Crippen molar-refractivity contribution in [2.75, 3.05) is 55.7 Å². The summed E-state index contributed by atoms with van der Waals surface area (Å²) in [4.78, 5) is 28.1. The molecular weight excluding hydrogens is 386 g/mol. The van der Waals surface area contributed by atoms with Gasteiger partial charge in [-0.05, 0) is 22.8 Å². The summed E-state index contributed by atoms with van der Waals surface area (Å²) < 4.78 is 10.3. The molecule has 10 heteroatoms. The number of fused-ring (bicyclic) bond motifs is 1. The third-order valence-corrected chi connectivity index (χ3v) is 5.50. The summed E-state index contributed by atoms with van der Waals surface area (Å²) >= 11 is 0. The van der Waals surface area contributed by atoms with E-state index < -0.39 is 0 Å². The van der Waals surface area contributed by atoms with Gasteiger partial charge in [0.25, 0.3) is 0 Å². The van der Waals surface area contributed by atoms with E-state index in [9.17, 15) is 4.79 Å². The van der Waals surface area contributed by atoms with E-state index in [-0.39, 0.29) is 12.5 Å². The highest BCUT2D eigenvalue weighted by molar-refractivity contribution is 5.85. The Hall–Kier alpha value is -3.27. The van der Waals surface area contributed by atoms with Crippen molar-refractivity contribution in [2.45, 2.75) is 13.5 Å². The van der Waals surface area contributed by atoms with Crippen LogP contribution in [0.25, 0.3) is 11.3 Å². The Morgan fingerprint density at radius 2 is 1.57 bits per heavy atom. The molecule has 0 atom stereocenters. The number of benzene rings is 1. The standard InChI is InChI=1S/C20H23N7O3/c1-14-2-4-15(5-3-14)12-26-6-7-27(13-16(26)28)20-19(25-8-10-29-11-9-25)21-17-18(22-20)24-30-23-17/h2-5H,6-13H2,1H3. The van der Waals surface area contributed by atoms with Gasteiger partial charge in [0.15, 0.2) is 11.6 Å². The van der Waals surface area contributed by atoms with E-state index in [4.69, 9.17) is 9.37 Å². The summed E-state index contributed by atoms with van der Waals surface area (Å²) in [6, 6.07) is 8.29. The summed E-state index contributed by atoms with van der Waals surface area (Å²) in [6.45, 7) is 6.86. The number of carbonyl (C=O) groups excluding carboxylic acids is 1. The van der Waals surface area contributed by atoms with Crippen molar-refractivity contribution < 1.29 is 14.2 Å². The third kappa shape index (κ3) is 3.65. The number of hydrogen-bond acceptors (Lipinski definition) is 9. The second-order valence-corrected chi connectivity index (χ2v) is 7.60. The van der Waals surface area contributed by atoms with Gasteiger partial charge in [-0.15, -0.1) is 0 Å². The van der Waals surface area contributed by atoms with Crippen LogP contribution in [0.1, 0.15) is 11.1 Å². The minimum Gasteiger partial charge on any atom is -0.378 e. The number of morpholine rings is 1. The van der Waals surface area contributed by atoms with E-state index in [1.54, 1.807) is 0 Å². The monoisotopic (exact) mass is 409 g/mol. The lowest BCUT2D eigenvalue weighted by Gasteiger charge is -2.37. The molecule has 0 saturated carbocycles. The Labute approximate surface area is 173 Å². The highest BCUT2D eigenvalue weighted by atomic mass is 16.6. The molecule has 0 unspecified atom stereocenters. The number of hydrogen-bond donors (Lipinski definition) is 0. The molecule has 2 aliphatic rings. The van der Waals surface area contributed by atoms with Gasteiger partial charge >= 0.3 is 0 Å². The Kier molecular flexibility index (Phi) is 4.91. The number of ether oxygens (including phenoxy) is 1. The molecule has 5 rings (SSSR count). The fourth-order valence-electron chi connectivity index (χ4n) is 3.79. The Morgan fingerprint density at radius 1 is 0.900 bits per heavy atom. The van der Waals surface area contributed by atoms with Gasteiger partial charge in [-0.2, -0.15) is 0 Å². The molecule has 1 aromatic carbocycles. The molecule has 0 spiro atoms. The van der Waals surface area contributed by atoms with E-state index in [2.05, 4.69) is 56.4 Å². The number of anilines is 2. The summed E-state index contributed by atoms with van der Waals surface area (Å²) in [5.74, 6) is 1.40. The predicted octanol–water partition coefficient (Wildman–Crippen LogP) is 1.01. The topological polar surface area (TPSA) is 101 Å². The van der Waals surface area contributed by atoms with E-state index in [0.717, 1.165) is 5.56 Å². The molecule has 4 heterocycles. The van der Waals surface area contributed by atoms with Gasteiger partial charge in [0.05, 0.1) is 19.8 Å². The molecule has 0 aliphatic carbocycles. The molecule has 2 saturated heterocycles. The average Bonchev–Trinajstić information content (AvgIpc) is 3.24. The fraction of sp³-hybridized carbons (Fsp3) is 0.450. The maximum atomic E-state index is 12.9. The number of nitrogens with zero attached hydrogens (tertiary/aromatic N) is 7. The van der Waals surface area contributed by atoms with Crippen LogP contribution in [0.15, 0.2) is 28.9 Å². The van der Waals surface area contributed by atoms with Gasteiger partial charge in [0.1, 0.15) is 0 Å². The van der Waals surface area contributed by atoms with E-state index in [1.165, 1.54) is 5.56 Å². The van der Waals surface area contributed by atoms with E-state index >= 15 is 0 Å². The molecule has 2 aliphatic heterocycles. The SMILES string of the molecule is Cc1ccc(CN2CCN(c3nc4nonc4nc3N3CCOCC3)CC2=O)cc1. The summed E-state index contributed by atoms with van der Waals surface area (Å²) in [5.41, 5.74) is 3.05. The van der Waals surface area contributed by atoms with Gasteiger partial charge in [0, 0.05) is 32.7 Å². The first kappa shape index (κ1) is 18.7. The lowest BCUT2D eigenvalue weighted by Crippen LogP contribution is -2.51. The smallest absolute Gasteiger partial charge is 0.245 e. The second-order valence-electron chi connectivity index (χ2n) is 7.60. The molecule has 1 amide bonds. The van der Waals surface area contributed by atoms with Crippen molar-refractivity contribution in [2.24, 2.45) is 0 Å². The van der Waals surface area contributed by atoms with Crippen LogP contribution in [-0.2, 0) is 16.1 Å². The lowest BCUT2D eigenvalue weighted by molar-refractivity contribution is -0.131. The van der Waals surface area contributed by atoms with E-state index in [1.807, 2.05) is 9.80 Å². The van der Waals surface area contributed by atoms with E-state index in [0.29, 0.717) is 68.9 Å². The number of aryl methyl sites for hydroxylation is 1. The number of carbonyl (C=O) groups is 1. The molecule has 30 heavy (non-hydrogen) atoms. The third-order valence-electron chi connectivity index (χ3n) is 5.50. The van der Waals surface area contributed by atoms with Crippen LogP contribution in [0.2, 0.25) is 0 Å². The number of piperazine rings is 1. The zero-order valence-electron chi connectivity index (χ0n) is 16.8. The lowest BCUT2D eigenvalue weighted by atomic mass is 10.1. The molecular formula is C20H23N7O3. The van der Waals surface area contributed by atoms with Crippen molar-refractivity contribution in [3.63, 3.8) is 0 Å². The number of amides is 1. The molecule has 0 N–H and O–H groups in total. The summed E-state index contributed by atoms with van der Waals surface area (Å²) in [5, 5.41) is 7.66. The zero-order valence-corrected chi connectivity index (χ0v) is 16.8. The molecule has 2 aromatic heterocycles. The first-order valence-electron chi connectivity index (χ1n) is 10.1. The van der Waals surface area contributed by atoms with Crippen molar-refractivity contribution in [3.8, 4) is 0 Å². The van der Waals surface area contributed by atoms with Crippen LogP contribution in [0.3, 0.4) is 0 Å². The summed E-state index contributed by atoms with van der Waals surface area (Å²) in [6.07, 6.45) is 0. The van der Waals surface area contributed by atoms with Crippen LogP contribution in [0.4, 0.5) is 11.6 Å². The van der Waals surface area contributed by atoms with Crippen molar-refractivity contribution in [1.82, 2.24) is 25.2 Å². The van der Waals surface area contributed by atoms with Crippen molar-refractivity contribution in [3.05, 3.63) is 35.4 Å². The van der Waals surface area contributed by atoms with Crippen molar-refractivity contribution >= 4 is 28.8 Å². The molecule has 3 aromatic rings. The number of rotatable bonds is 4. The van der Waals surface area contributed by atoms with Gasteiger partial charge in [-0.25, -0.2) is 14.6 Å². The largest absolute Gasteiger partial charge is 0.378 e. The van der Waals surface area contributed by atoms with Crippen LogP contribution < -0.4 is 9.80 Å². The molecule has 0 bridgehead atoms. The van der Waals surface area contributed by atoms with Gasteiger partial charge < -0.3 is 19.4 Å². The zero-order chi connectivity index (χ0) is 20.5. The Balaban J connectivity index is 1.38. The first-order valence-corrected chi connectivity index (χ1v) is 10.1. The Bertz CT molecular complexity index is 1050. The number of aromatic nitrogens is 4. The molecule has 156 valence electrons. The van der Waals surface area contributed by atoms with Crippen LogP contribution in [0.5, 0.6) is 0 Å². The molecule has 10 nitrogen and oxygen atoms in total. The summed E-state index contributed by atoms with van der Waals surface area (Å²) in [7, 11) is 0. The minimum atomic E-state index is 0.0647. The van der Waals surface area contributed by atoms with Crippen LogP contribution in [0, 0.1) is 6.92 Å². The molecule has 0 radical (unpaired) electrons. The second kappa shape index (κ2) is 7.86. The quantitative estimate of drug-likeness (QED) is 0.625. The predicted molar refractivity (Wildman–Crippen MR) is 109 cm³/mol. The maximum Gasteiger partial charge on any atom is 0.245 e. The highest BCUT2D eigenvalue weighted by Crippen LogP contribution is 2.29. The highest BCUT2D eigenvalue weighted by Gasteiger charge is 2.30. The van der Waals surface area contributed by atoms with Crippen LogP contribution >= 0.6 is 0 Å². The van der Waals surface area contributed by atoms with Crippen molar-refractivity contribution in [1.29, 1.82) is 0 Å². The Morgan fingerprint density at radius 3 is 2.23 bits per heavy atom. The maximum absolute atomic E-state index is 12.9. The van der Waals surface area contributed by atoms with Gasteiger partial charge in [-0.3, -0.25) is 4.79 Å². The fourth-order valence-corrected chi connectivity index (χ4v) is 3.79. The van der Waals surface area contributed by atoms with Crippen LogP contribution in [-0.4, -0.2) is 77.0 Å². The van der Waals surface area contributed by atoms with Gasteiger partial charge in [0.2, 0.25) is 17.2 Å². The average molecular weight is 409 g/mol. The van der Waals surface area contributed by atoms with Gasteiger partial charge in [-0.1, -0.05) is 29.8 Å². The molecule has 2 fully saturated rings. The normalized spacial score (nSPS) is 17.8. The first-order chi connectivity index (χ1) is 14.7.